The van der Waals surface area contributed by atoms with E-state index < -0.39 is 10.0 Å². The molecule has 0 unspecified atom stereocenters. The molecule has 0 fully saturated rings. The molecule has 0 saturated carbocycles. The van der Waals surface area contributed by atoms with Gasteiger partial charge in [0.1, 0.15) is 0 Å². The summed E-state index contributed by atoms with van der Waals surface area (Å²) in [5.74, 6) is -0.243. The van der Waals surface area contributed by atoms with Gasteiger partial charge in [0.2, 0.25) is 15.4 Å². The van der Waals surface area contributed by atoms with E-state index >= 15 is 0 Å². The molecule has 1 aromatic heterocycles. The Labute approximate surface area is 126 Å². The highest BCUT2D eigenvalue weighted by molar-refractivity contribution is 7.91. The number of anilines is 1. The van der Waals surface area contributed by atoms with Crippen LogP contribution >= 0.6 is 11.3 Å². The molecular weight excluding hydrogens is 312 g/mol. The van der Waals surface area contributed by atoms with Gasteiger partial charge in [0.15, 0.2) is 0 Å². The topological polar surface area (TPSA) is 101 Å². The number of hydrogen-bond donors (Lipinski definition) is 2. The lowest BCUT2D eigenvalue weighted by Crippen LogP contribution is -2.23. The fraction of sp³-hybridized carbons (Fsp3) is 0.250. The standard InChI is InChI=1S/C12H14N4O3S2/c1-2-10(17)14-11-15-16-12(20-11)21(18,19)13-8-9-6-4-3-5-7-9/h3-7,13H,2,8H2,1H3,(H,14,15,17). The average molecular weight is 326 g/mol. The summed E-state index contributed by atoms with van der Waals surface area (Å²) in [5, 5.41) is 9.87. The maximum atomic E-state index is 12.1. The predicted molar refractivity (Wildman–Crippen MR) is 79.3 cm³/mol. The molecule has 2 aromatic rings. The largest absolute Gasteiger partial charge is 0.301 e. The van der Waals surface area contributed by atoms with Crippen molar-refractivity contribution in [3.63, 3.8) is 0 Å². The number of nitrogens with zero attached hydrogens (tertiary/aromatic N) is 2. The van der Waals surface area contributed by atoms with Gasteiger partial charge in [0, 0.05) is 13.0 Å². The number of benzene rings is 1. The number of carbonyl (C=O) groups excluding carboxylic acids is 1. The zero-order valence-electron chi connectivity index (χ0n) is 11.2. The number of carbonyl (C=O) groups is 1. The van der Waals surface area contributed by atoms with Gasteiger partial charge in [-0.2, -0.15) is 0 Å². The van der Waals surface area contributed by atoms with Gasteiger partial charge >= 0.3 is 0 Å². The Morgan fingerprint density at radius 2 is 1.95 bits per heavy atom. The van der Waals surface area contributed by atoms with Crippen LogP contribution in [0.4, 0.5) is 5.13 Å². The van der Waals surface area contributed by atoms with Crippen molar-refractivity contribution in [3.05, 3.63) is 35.9 Å². The molecule has 21 heavy (non-hydrogen) atoms. The van der Waals surface area contributed by atoms with Crippen LogP contribution in [0.3, 0.4) is 0 Å². The van der Waals surface area contributed by atoms with Crippen molar-refractivity contribution < 1.29 is 13.2 Å². The number of amides is 1. The minimum absolute atomic E-state index is 0.166. The average Bonchev–Trinajstić information content (AvgIpc) is 2.95. The number of nitrogens with one attached hydrogen (secondary N) is 2. The normalized spacial score (nSPS) is 11.3. The second-order valence-electron chi connectivity index (χ2n) is 4.09. The molecule has 1 heterocycles. The molecule has 9 heteroatoms. The van der Waals surface area contributed by atoms with Crippen LogP contribution in [0.5, 0.6) is 0 Å². The Kier molecular flexibility index (Phi) is 4.99. The van der Waals surface area contributed by atoms with Crippen molar-refractivity contribution in [1.29, 1.82) is 0 Å². The van der Waals surface area contributed by atoms with E-state index in [0.29, 0.717) is 0 Å². The summed E-state index contributed by atoms with van der Waals surface area (Å²) < 4.78 is 26.4. The molecule has 0 atom stereocenters. The molecule has 0 spiro atoms. The fourth-order valence-corrected chi connectivity index (χ4v) is 3.39. The summed E-state index contributed by atoms with van der Waals surface area (Å²) >= 11 is 0.814. The van der Waals surface area contributed by atoms with Gasteiger partial charge in [-0.1, -0.05) is 48.6 Å². The van der Waals surface area contributed by atoms with Crippen LogP contribution in [0, 0.1) is 0 Å². The molecule has 1 amide bonds. The highest BCUT2D eigenvalue weighted by atomic mass is 32.2. The summed E-state index contributed by atoms with van der Waals surface area (Å²) in [6.45, 7) is 1.86. The van der Waals surface area contributed by atoms with Crippen LogP contribution in [-0.2, 0) is 21.4 Å². The highest BCUT2D eigenvalue weighted by Gasteiger charge is 2.20. The molecule has 7 nitrogen and oxygen atoms in total. The van der Waals surface area contributed by atoms with E-state index in [1.54, 1.807) is 6.92 Å². The smallest absolute Gasteiger partial charge is 0.270 e. The third kappa shape index (κ3) is 4.31. The highest BCUT2D eigenvalue weighted by Crippen LogP contribution is 2.20. The molecule has 2 N–H and O–H groups in total. The Bertz CT molecular complexity index is 713. The van der Waals surface area contributed by atoms with E-state index in [0.717, 1.165) is 16.9 Å². The number of sulfonamides is 1. The monoisotopic (exact) mass is 326 g/mol. The van der Waals surface area contributed by atoms with Crippen molar-refractivity contribution >= 4 is 32.4 Å². The van der Waals surface area contributed by atoms with Gasteiger partial charge in [0.25, 0.3) is 10.0 Å². The zero-order chi connectivity index (χ0) is 15.3. The van der Waals surface area contributed by atoms with Gasteiger partial charge < -0.3 is 5.32 Å². The summed E-state index contributed by atoms with van der Waals surface area (Å²) in [4.78, 5) is 11.2. The Balaban J connectivity index is 2.04. The van der Waals surface area contributed by atoms with Crippen molar-refractivity contribution in [2.45, 2.75) is 24.2 Å². The van der Waals surface area contributed by atoms with Gasteiger partial charge in [-0.15, -0.1) is 10.2 Å². The van der Waals surface area contributed by atoms with Crippen LogP contribution in [-0.4, -0.2) is 24.5 Å². The van der Waals surface area contributed by atoms with E-state index in [1.165, 1.54) is 0 Å². The molecule has 0 aliphatic carbocycles. The number of rotatable bonds is 6. The van der Waals surface area contributed by atoms with Crippen LogP contribution in [0.2, 0.25) is 0 Å². The quantitative estimate of drug-likeness (QED) is 0.781. The summed E-state index contributed by atoms with van der Waals surface area (Å²) in [6.07, 6.45) is 0.286. The first-order valence-corrected chi connectivity index (χ1v) is 8.48. The zero-order valence-corrected chi connectivity index (χ0v) is 12.9. The van der Waals surface area contributed by atoms with E-state index in [1.807, 2.05) is 30.3 Å². The van der Waals surface area contributed by atoms with Gasteiger partial charge in [0.05, 0.1) is 0 Å². The van der Waals surface area contributed by atoms with Gasteiger partial charge in [-0.3, -0.25) is 4.79 Å². The maximum absolute atomic E-state index is 12.1. The van der Waals surface area contributed by atoms with Crippen molar-refractivity contribution in [1.82, 2.24) is 14.9 Å². The van der Waals surface area contributed by atoms with Crippen LogP contribution in [0.15, 0.2) is 34.7 Å². The first-order valence-electron chi connectivity index (χ1n) is 6.18. The molecule has 0 aliphatic heterocycles. The summed E-state index contributed by atoms with van der Waals surface area (Å²) in [5.41, 5.74) is 0.838. The van der Waals surface area contributed by atoms with Crippen LogP contribution in [0.25, 0.3) is 0 Å². The lowest BCUT2D eigenvalue weighted by atomic mass is 10.2. The Hall–Kier alpha value is -1.84. The minimum Gasteiger partial charge on any atom is -0.301 e. The third-order valence-corrected chi connectivity index (χ3v) is 5.12. The molecule has 0 radical (unpaired) electrons. The lowest BCUT2D eigenvalue weighted by Gasteiger charge is -2.03. The number of aromatic nitrogens is 2. The Morgan fingerprint density at radius 3 is 2.62 bits per heavy atom. The van der Waals surface area contributed by atoms with Gasteiger partial charge in [-0.25, -0.2) is 13.1 Å². The maximum Gasteiger partial charge on any atom is 0.270 e. The van der Waals surface area contributed by atoms with Crippen molar-refractivity contribution in [2.24, 2.45) is 0 Å². The lowest BCUT2D eigenvalue weighted by molar-refractivity contribution is -0.115. The van der Waals surface area contributed by atoms with E-state index in [4.69, 9.17) is 0 Å². The van der Waals surface area contributed by atoms with E-state index in [2.05, 4.69) is 20.2 Å². The number of hydrogen-bond acceptors (Lipinski definition) is 6. The molecular formula is C12H14N4O3S2. The van der Waals surface area contributed by atoms with Crippen LogP contribution < -0.4 is 10.0 Å². The first kappa shape index (κ1) is 15.5. The summed E-state index contributed by atoms with van der Waals surface area (Å²) in [7, 11) is -3.74. The molecule has 0 saturated heterocycles. The molecule has 2 rings (SSSR count). The second-order valence-corrected chi connectivity index (χ2v) is 7.00. The van der Waals surface area contributed by atoms with Crippen molar-refractivity contribution in [3.8, 4) is 0 Å². The first-order chi connectivity index (χ1) is 10.0. The predicted octanol–water partition coefficient (Wildman–Crippen LogP) is 1.37. The molecule has 112 valence electrons. The second kappa shape index (κ2) is 6.74. The van der Waals surface area contributed by atoms with Crippen molar-refractivity contribution in [2.75, 3.05) is 5.32 Å². The fourth-order valence-electron chi connectivity index (χ4n) is 1.41. The SMILES string of the molecule is CCC(=O)Nc1nnc(S(=O)(=O)NCc2ccccc2)s1. The van der Waals surface area contributed by atoms with E-state index in [-0.39, 0.29) is 28.3 Å². The third-order valence-electron chi connectivity index (χ3n) is 2.51. The van der Waals surface area contributed by atoms with Gasteiger partial charge in [-0.05, 0) is 5.56 Å². The Morgan fingerprint density at radius 1 is 1.24 bits per heavy atom. The summed E-state index contributed by atoms with van der Waals surface area (Å²) in [6, 6.07) is 9.14. The van der Waals surface area contributed by atoms with Crippen LogP contribution in [0.1, 0.15) is 18.9 Å². The molecule has 0 bridgehead atoms. The minimum atomic E-state index is -3.74. The van der Waals surface area contributed by atoms with E-state index in [9.17, 15) is 13.2 Å². The molecule has 0 aliphatic rings. The molecule has 1 aromatic carbocycles.